The first-order valence-corrected chi connectivity index (χ1v) is 10.7. The molecule has 1 aromatic carbocycles. The van der Waals surface area contributed by atoms with Crippen molar-refractivity contribution in [1.29, 1.82) is 0 Å². The van der Waals surface area contributed by atoms with Gasteiger partial charge in [-0.15, -0.1) is 0 Å². The average Bonchev–Trinajstić information content (AvgIpc) is 2.72. The van der Waals surface area contributed by atoms with Crippen molar-refractivity contribution in [3.63, 3.8) is 0 Å². The Hall–Kier alpha value is -2.27. The quantitative estimate of drug-likeness (QED) is 0.762. The van der Waals surface area contributed by atoms with E-state index >= 15 is 0 Å². The number of amides is 1. The van der Waals surface area contributed by atoms with Gasteiger partial charge < -0.3 is 9.64 Å². The van der Waals surface area contributed by atoms with Gasteiger partial charge in [-0.25, -0.2) is 4.39 Å². The number of aryl methyl sites for hydroxylation is 2. The topological polar surface area (TPSA) is 42.4 Å². The van der Waals surface area contributed by atoms with Gasteiger partial charge in [-0.1, -0.05) is 25.0 Å². The minimum atomic E-state index is -0.460. The number of rotatable bonds is 4. The van der Waals surface area contributed by atoms with E-state index in [-0.39, 0.29) is 17.6 Å². The van der Waals surface area contributed by atoms with Crippen molar-refractivity contribution in [2.24, 2.45) is 0 Å². The Bertz CT molecular complexity index is 941. The van der Waals surface area contributed by atoms with Crippen LogP contribution >= 0.6 is 0 Å². The lowest BCUT2D eigenvalue weighted by Gasteiger charge is -2.34. The maximum Gasteiger partial charge on any atom is 0.257 e. The van der Waals surface area contributed by atoms with Crippen LogP contribution in [0, 0.1) is 12.7 Å². The van der Waals surface area contributed by atoms with Gasteiger partial charge in [0.1, 0.15) is 5.82 Å². The van der Waals surface area contributed by atoms with Crippen LogP contribution in [0.5, 0.6) is 0 Å². The number of unbranched alkanes of at least 4 members (excludes halogenated alkanes) is 1. The van der Waals surface area contributed by atoms with Gasteiger partial charge in [0.15, 0.2) is 0 Å². The van der Waals surface area contributed by atoms with Gasteiger partial charge in [0.25, 0.3) is 5.91 Å². The Morgan fingerprint density at radius 2 is 2.14 bits per heavy atom. The maximum atomic E-state index is 14.3. The predicted molar refractivity (Wildman–Crippen MR) is 110 cm³/mol. The summed E-state index contributed by atoms with van der Waals surface area (Å²) < 4.78 is 20.2. The maximum absolute atomic E-state index is 14.3. The molecule has 0 saturated carbocycles. The number of hydrogen-bond donors (Lipinski definition) is 0. The highest BCUT2D eigenvalue weighted by atomic mass is 19.1. The summed E-state index contributed by atoms with van der Waals surface area (Å²) in [4.78, 5) is 19.8. The van der Waals surface area contributed by atoms with Crippen LogP contribution in [0.2, 0.25) is 0 Å². The zero-order valence-electron chi connectivity index (χ0n) is 17.6. The molecule has 0 N–H and O–H groups in total. The summed E-state index contributed by atoms with van der Waals surface area (Å²) in [5.74, 6) is -0.704. The third kappa shape index (κ3) is 3.93. The molecule has 0 saturated heterocycles. The molecule has 4 rings (SSSR count). The first-order valence-electron chi connectivity index (χ1n) is 10.7. The Labute approximate surface area is 172 Å². The van der Waals surface area contributed by atoms with Gasteiger partial charge >= 0.3 is 0 Å². The molecular formula is C24H29FN2O2. The number of fused-ring (bicyclic) bond motifs is 3. The van der Waals surface area contributed by atoms with E-state index < -0.39 is 5.82 Å². The largest absolute Gasteiger partial charge is 0.373 e. The molecule has 0 bridgehead atoms. The molecule has 3 heterocycles. The molecule has 154 valence electrons. The number of carbonyl (C=O) groups excluding carboxylic acids is 1. The Morgan fingerprint density at radius 1 is 1.31 bits per heavy atom. The zero-order valence-corrected chi connectivity index (χ0v) is 17.6. The third-order valence-corrected chi connectivity index (χ3v) is 6.07. The van der Waals surface area contributed by atoms with Crippen molar-refractivity contribution < 1.29 is 13.9 Å². The second-order valence-electron chi connectivity index (χ2n) is 8.33. The molecule has 2 aromatic rings. The van der Waals surface area contributed by atoms with Crippen LogP contribution in [0.15, 0.2) is 18.2 Å². The number of nitrogens with zero attached hydrogens (tertiary/aromatic N) is 2. The fourth-order valence-corrected chi connectivity index (χ4v) is 4.42. The number of ether oxygens (including phenoxy) is 1. The normalized spacial score (nSPS) is 18.3. The van der Waals surface area contributed by atoms with Gasteiger partial charge in [-0.3, -0.25) is 9.78 Å². The lowest BCUT2D eigenvalue weighted by molar-refractivity contribution is 0.0388. The molecule has 4 nitrogen and oxygen atoms in total. The Balaban J connectivity index is 1.68. The van der Waals surface area contributed by atoms with Crippen molar-refractivity contribution >= 4 is 5.91 Å². The van der Waals surface area contributed by atoms with Crippen LogP contribution in [-0.4, -0.2) is 28.4 Å². The molecule has 1 aromatic heterocycles. The van der Waals surface area contributed by atoms with E-state index in [9.17, 15) is 9.18 Å². The van der Waals surface area contributed by atoms with Gasteiger partial charge in [0.2, 0.25) is 0 Å². The molecule has 0 fully saturated rings. The second kappa shape index (κ2) is 8.23. The number of halogens is 1. The van der Waals surface area contributed by atoms with Crippen LogP contribution in [-0.2, 0) is 37.2 Å². The van der Waals surface area contributed by atoms with Crippen LogP contribution in [0.3, 0.4) is 0 Å². The molecule has 1 atom stereocenters. The molecule has 2 aliphatic rings. The molecule has 0 spiro atoms. The van der Waals surface area contributed by atoms with E-state index in [4.69, 9.17) is 9.72 Å². The molecule has 0 unspecified atom stereocenters. The Kier molecular flexibility index (Phi) is 5.68. The van der Waals surface area contributed by atoms with Crippen molar-refractivity contribution in [1.82, 2.24) is 9.88 Å². The summed E-state index contributed by atoms with van der Waals surface area (Å²) in [6.07, 6.45) is 5.03. The number of aromatic nitrogens is 1. The summed E-state index contributed by atoms with van der Waals surface area (Å²) in [5.41, 5.74) is 6.96. The number of carbonyl (C=O) groups is 1. The summed E-state index contributed by atoms with van der Waals surface area (Å²) in [6, 6.07) is 4.70. The van der Waals surface area contributed by atoms with Gasteiger partial charge in [-0.2, -0.15) is 0 Å². The lowest BCUT2D eigenvalue weighted by Crippen LogP contribution is -2.38. The van der Waals surface area contributed by atoms with Crippen molar-refractivity contribution in [3.8, 4) is 0 Å². The van der Waals surface area contributed by atoms with Gasteiger partial charge in [0, 0.05) is 37.3 Å². The SMILES string of the molecule is CCCCc1nc2c(c3c1C[C@H](C)OC3)CN(C(=O)c1cc(C)ccc1F)CC2. The average molecular weight is 397 g/mol. The number of pyridine rings is 1. The molecule has 0 aliphatic carbocycles. The van der Waals surface area contributed by atoms with E-state index in [0.29, 0.717) is 26.1 Å². The summed E-state index contributed by atoms with van der Waals surface area (Å²) >= 11 is 0. The van der Waals surface area contributed by atoms with Crippen molar-refractivity contribution in [2.45, 2.75) is 72.1 Å². The third-order valence-electron chi connectivity index (χ3n) is 6.07. The van der Waals surface area contributed by atoms with E-state index in [1.807, 2.05) is 6.92 Å². The minimum absolute atomic E-state index is 0.153. The van der Waals surface area contributed by atoms with E-state index in [0.717, 1.165) is 42.5 Å². The molecule has 5 heteroatoms. The molecule has 1 amide bonds. The highest BCUT2D eigenvalue weighted by molar-refractivity contribution is 5.94. The van der Waals surface area contributed by atoms with Crippen molar-refractivity contribution in [2.75, 3.05) is 6.54 Å². The molecule has 29 heavy (non-hydrogen) atoms. The van der Waals surface area contributed by atoms with Crippen LogP contribution in [0.25, 0.3) is 0 Å². The summed E-state index contributed by atoms with van der Waals surface area (Å²) in [5, 5.41) is 0. The van der Waals surface area contributed by atoms with E-state index in [1.54, 1.807) is 17.0 Å². The first kappa shape index (κ1) is 20.0. The van der Waals surface area contributed by atoms with E-state index in [2.05, 4.69) is 13.8 Å². The molecule has 0 radical (unpaired) electrons. The number of benzene rings is 1. The van der Waals surface area contributed by atoms with E-state index in [1.165, 1.54) is 22.9 Å². The zero-order chi connectivity index (χ0) is 20.5. The fraction of sp³-hybridized carbons (Fsp3) is 0.500. The monoisotopic (exact) mass is 396 g/mol. The molecule has 2 aliphatic heterocycles. The number of hydrogen-bond acceptors (Lipinski definition) is 3. The van der Waals surface area contributed by atoms with Crippen LogP contribution < -0.4 is 0 Å². The predicted octanol–water partition coefficient (Wildman–Crippen LogP) is 4.53. The van der Waals surface area contributed by atoms with Crippen molar-refractivity contribution in [3.05, 3.63) is 63.2 Å². The highest BCUT2D eigenvalue weighted by Crippen LogP contribution is 2.32. The first-order chi connectivity index (χ1) is 14.0. The lowest BCUT2D eigenvalue weighted by atomic mass is 9.89. The summed E-state index contributed by atoms with van der Waals surface area (Å²) in [6.45, 7) is 7.78. The Morgan fingerprint density at radius 3 is 2.93 bits per heavy atom. The molecular weight excluding hydrogens is 367 g/mol. The standard InChI is InChI=1S/C24H29FN2O2/c1-4-5-6-22-17-12-16(3)29-14-20(17)19-13-27(10-9-23(19)26-22)24(28)18-11-15(2)7-8-21(18)25/h7-8,11,16H,4-6,9-10,12-14H2,1-3H3/t16-/m0/s1. The summed E-state index contributed by atoms with van der Waals surface area (Å²) in [7, 11) is 0. The second-order valence-corrected chi connectivity index (χ2v) is 8.33. The van der Waals surface area contributed by atoms with Crippen LogP contribution in [0.4, 0.5) is 4.39 Å². The van der Waals surface area contributed by atoms with Gasteiger partial charge in [-0.05, 0) is 55.5 Å². The van der Waals surface area contributed by atoms with Gasteiger partial charge in [0.05, 0.1) is 18.3 Å². The highest BCUT2D eigenvalue weighted by Gasteiger charge is 2.30. The fourth-order valence-electron chi connectivity index (χ4n) is 4.42. The minimum Gasteiger partial charge on any atom is -0.373 e. The smallest absolute Gasteiger partial charge is 0.257 e. The van der Waals surface area contributed by atoms with Crippen LogP contribution in [0.1, 0.15) is 70.7 Å².